The first-order valence-corrected chi connectivity index (χ1v) is 4.53. The normalized spacial score (nSPS) is 38.5. The number of carboxylic acids is 1. The molecule has 13 heavy (non-hydrogen) atoms. The third-order valence-corrected chi connectivity index (χ3v) is 3.17. The summed E-state index contributed by atoms with van der Waals surface area (Å²) < 4.78 is 0. The molecule has 3 unspecified atom stereocenters. The predicted octanol–water partition coefficient (Wildman–Crippen LogP) is 2.48. The standard InChI is InChI=1S/C11H16O2/c1-4-8-6-9(5-2)11(3,7-8)10(12)13/h4-5,8-9H,1-2,6-7H2,3H3,(H,12,13). The van der Waals surface area contributed by atoms with Crippen molar-refractivity contribution in [2.24, 2.45) is 17.3 Å². The highest BCUT2D eigenvalue weighted by Crippen LogP contribution is 2.47. The Hall–Kier alpha value is -1.05. The number of rotatable bonds is 3. The monoisotopic (exact) mass is 180 g/mol. The van der Waals surface area contributed by atoms with E-state index in [1.807, 2.05) is 6.08 Å². The average molecular weight is 180 g/mol. The third-order valence-electron chi connectivity index (χ3n) is 3.17. The Morgan fingerprint density at radius 1 is 1.54 bits per heavy atom. The molecule has 0 saturated heterocycles. The molecule has 1 aliphatic carbocycles. The Bertz CT molecular complexity index is 244. The van der Waals surface area contributed by atoms with E-state index >= 15 is 0 Å². The maximum Gasteiger partial charge on any atom is 0.309 e. The lowest BCUT2D eigenvalue weighted by Crippen LogP contribution is -2.30. The van der Waals surface area contributed by atoms with Gasteiger partial charge in [-0.15, -0.1) is 13.2 Å². The van der Waals surface area contributed by atoms with E-state index in [0.717, 1.165) is 6.42 Å². The summed E-state index contributed by atoms with van der Waals surface area (Å²) in [5, 5.41) is 9.11. The minimum atomic E-state index is -0.721. The Kier molecular flexibility index (Phi) is 2.60. The van der Waals surface area contributed by atoms with Crippen molar-refractivity contribution in [3.63, 3.8) is 0 Å². The van der Waals surface area contributed by atoms with Gasteiger partial charge in [0, 0.05) is 0 Å². The predicted molar refractivity (Wildman–Crippen MR) is 52.4 cm³/mol. The molecule has 0 aliphatic heterocycles. The molecule has 1 aliphatic rings. The smallest absolute Gasteiger partial charge is 0.309 e. The first-order chi connectivity index (χ1) is 6.04. The van der Waals surface area contributed by atoms with Gasteiger partial charge in [-0.2, -0.15) is 0 Å². The number of aliphatic carboxylic acids is 1. The molecule has 3 atom stereocenters. The van der Waals surface area contributed by atoms with Gasteiger partial charge in [-0.1, -0.05) is 12.2 Å². The van der Waals surface area contributed by atoms with Gasteiger partial charge in [-0.05, 0) is 31.6 Å². The minimum Gasteiger partial charge on any atom is -0.481 e. The Morgan fingerprint density at radius 2 is 2.15 bits per heavy atom. The number of carbonyl (C=O) groups is 1. The highest BCUT2D eigenvalue weighted by Gasteiger charge is 2.46. The van der Waals surface area contributed by atoms with Crippen LogP contribution < -0.4 is 0 Å². The van der Waals surface area contributed by atoms with Crippen LogP contribution in [0, 0.1) is 17.3 Å². The Balaban J connectivity index is 2.90. The number of carboxylic acid groups (broad SMARTS) is 1. The van der Waals surface area contributed by atoms with Crippen molar-refractivity contribution < 1.29 is 9.90 Å². The van der Waals surface area contributed by atoms with Crippen LogP contribution in [-0.2, 0) is 4.79 Å². The van der Waals surface area contributed by atoms with Crippen molar-refractivity contribution in [3.05, 3.63) is 25.3 Å². The lowest BCUT2D eigenvalue weighted by Gasteiger charge is -2.23. The summed E-state index contributed by atoms with van der Waals surface area (Å²) in [6.07, 6.45) is 5.17. The van der Waals surface area contributed by atoms with E-state index in [2.05, 4.69) is 13.2 Å². The molecule has 0 aromatic carbocycles. The molecule has 0 radical (unpaired) electrons. The van der Waals surface area contributed by atoms with Gasteiger partial charge in [0.25, 0.3) is 0 Å². The van der Waals surface area contributed by atoms with Crippen LogP contribution in [0.15, 0.2) is 25.3 Å². The lowest BCUT2D eigenvalue weighted by atomic mass is 9.80. The molecule has 1 rings (SSSR count). The summed E-state index contributed by atoms with van der Waals surface area (Å²) in [4.78, 5) is 11.1. The molecule has 0 amide bonds. The molecule has 1 N–H and O–H groups in total. The third kappa shape index (κ3) is 1.53. The second-order valence-electron chi connectivity index (χ2n) is 4.00. The fourth-order valence-electron chi connectivity index (χ4n) is 2.15. The molecule has 1 fully saturated rings. The second-order valence-corrected chi connectivity index (χ2v) is 4.00. The van der Waals surface area contributed by atoms with E-state index in [0.29, 0.717) is 12.3 Å². The van der Waals surface area contributed by atoms with Gasteiger partial charge in [0.2, 0.25) is 0 Å². The van der Waals surface area contributed by atoms with E-state index in [4.69, 9.17) is 5.11 Å². The maximum absolute atomic E-state index is 11.1. The summed E-state index contributed by atoms with van der Waals surface area (Å²) in [5.74, 6) is -0.321. The molecule has 0 heterocycles. The average Bonchev–Trinajstić information content (AvgIpc) is 2.43. The zero-order chi connectivity index (χ0) is 10.1. The van der Waals surface area contributed by atoms with Crippen LogP contribution in [0.3, 0.4) is 0 Å². The fourth-order valence-corrected chi connectivity index (χ4v) is 2.15. The maximum atomic E-state index is 11.1. The van der Waals surface area contributed by atoms with E-state index in [9.17, 15) is 4.79 Å². The van der Waals surface area contributed by atoms with Gasteiger partial charge in [0.15, 0.2) is 0 Å². The number of allylic oxidation sites excluding steroid dienone is 2. The van der Waals surface area contributed by atoms with E-state index < -0.39 is 11.4 Å². The molecular formula is C11H16O2. The van der Waals surface area contributed by atoms with Crippen LogP contribution >= 0.6 is 0 Å². The largest absolute Gasteiger partial charge is 0.481 e. The summed E-state index contributed by atoms with van der Waals surface area (Å²) in [5.41, 5.74) is -0.638. The summed E-state index contributed by atoms with van der Waals surface area (Å²) in [6.45, 7) is 9.20. The molecule has 72 valence electrons. The zero-order valence-corrected chi connectivity index (χ0v) is 7.99. The minimum absolute atomic E-state index is 0.0769. The Labute approximate surface area is 79.0 Å². The van der Waals surface area contributed by atoms with Crippen LogP contribution in [0.4, 0.5) is 0 Å². The van der Waals surface area contributed by atoms with Crippen molar-refractivity contribution in [3.8, 4) is 0 Å². The van der Waals surface area contributed by atoms with E-state index in [1.165, 1.54) is 0 Å². The molecule has 2 nitrogen and oxygen atoms in total. The van der Waals surface area contributed by atoms with Crippen LogP contribution in [0.2, 0.25) is 0 Å². The van der Waals surface area contributed by atoms with Gasteiger partial charge < -0.3 is 5.11 Å². The van der Waals surface area contributed by atoms with Crippen molar-refractivity contribution >= 4 is 5.97 Å². The Morgan fingerprint density at radius 3 is 2.46 bits per heavy atom. The topological polar surface area (TPSA) is 37.3 Å². The van der Waals surface area contributed by atoms with Crippen LogP contribution in [0.25, 0.3) is 0 Å². The summed E-state index contributed by atoms with van der Waals surface area (Å²) in [6, 6.07) is 0. The first kappa shape index (κ1) is 10.0. The molecule has 0 aromatic rings. The fraction of sp³-hybridized carbons (Fsp3) is 0.545. The zero-order valence-electron chi connectivity index (χ0n) is 7.99. The second kappa shape index (κ2) is 3.36. The molecule has 2 heteroatoms. The highest BCUT2D eigenvalue weighted by molar-refractivity contribution is 5.75. The van der Waals surface area contributed by atoms with E-state index in [1.54, 1.807) is 13.0 Å². The van der Waals surface area contributed by atoms with Gasteiger partial charge in [-0.3, -0.25) is 4.79 Å². The molecular weight excluding hydrogens is 164 g/mol. The van der Waals surface area contributed by atoms with Gasteiger partial charge in [0.1, 0.15) is 0 Å². The molecule has 0 spiro atoms. The number of hydrogen-bond acceptors (Lipinski definition) is 1. The van der Waals surface area contributed by atoms with Crippen LogP contribution in [-0.4, -0.2) is 11.1 Å². The molecule has 0 aromatic heterocycles. The number of hydrogen-bond donors (Lipinski definition) is 1. The van der Waals surface area contributed by atoms with Gasteiger partial charge in [0.05, 0.1) is 5.41 Å². The van der Waals surface area contributed by atoms with Crippen LogP contribution in [0.1, 0.15) is 19.8 Å². The molecule has 1 saturated carbocycles. The first-order valence-electron chi connectivity index (χ1n) is 4.53. The van der Waals surface area contributed by atoms with Gasteiger partial charge in [-0.25, -0.2) is 0 Å². The van der Waals surface area contributed by atoms with Crippen molar-refractivity contribution in [1.29, 1.82) is 0 Å². The highest BCUT2D eigenvalue weighted by atomic mass is 16.4. The SMILES string of the molecule is C=CC1CC(C=C)C(C)(C(=O)O)C1. The lowest BCUT2D eigenvalue weighted by molar-refractivity contribution is -0.149. The molecule has 0 bridgehead atoms. The quantitative estimate of drug-likeness (QED) is 0.677. The summed E-state index contributed by atoms with van der Waals surface area (Å²) >= 11 is 0. The van der Waals surface area contributed by atoms with Crippen LogP contribution in [0.5, 0.6) is 0 Å². The van der Waals surface area contributed by atoms with Crippen molar-refractivity contribution in [2.45, 2.75) is 19.8 Å². The van der Waals surface area contributed by atoms with Gasteiger partial charge >= 0.3 is 5.97 Å². The van der Waals surface area contributed by atoms with E-state index in [-0.39, 0.29) is 5.92 Å². The summed E-state index contributed by atoms with van der Waals surface area (Å²) in [7, 11) is 0. The van der Waals surface area contributed by atoms with Crippen molar-refractivity contribution in [2.75, 3.05) is 0 Å². The van der Waals surface area contributed by atoms with Crippen molar-refractivity contribution in [1.82, 2.24) is 0 Å².